The van der Waals surface area contributed by atoms with Gasteiger partial charge in [-0.05, 0) is 12.1 Å². The summed E-state index contributed by atoms with van der Waals surface area (Å²) in [6.45, 7) is 0.917. The van der Waals surface area contributed by atoms with Gasteiger partial charge in [0.1, 0.15) is 5.69 Å². The van der Waals surface area contributed by atoms with Crippen LogP contribution in [0, 0.1) is 0 Å². The summed E-state index contributed by atoms with van der Waals surface area (Å²) in [5, 5.41) is 1.17. The number of amides is 1. The number of benzene rings is 1. The topological polar surface area (TPSA) is 25.2 Å². The number of carbonyl (C=O) groups excluding carboxylic acids is 1. The molecular formula is C13H14N2OS. The Morgan fingerprint density at radius 3 is 3.00 bits per heavy atom. The third kappa shape index (κ3) is 1.55. The highest BCUT2D eigenvalue weighted by Gasteiger charge is 2.21. The van der Waals surface area contributed by atoms with Crippen molar-refractivity contribution in [1.29, 1.82) is 0 Å². The van der Waals surface area contributed by atoms with E-state index in [9.17, 15) is 4.79 Å². The van der Waals surface area contributed by atoms with Gasteiger partial charge >= 0.3 is 0 Å². The zero-order valence-electron chi connectivity index (χ0n) is 9.93. The van der Waals surface area contributed by atoms with Gasteiger partial charge in [-0.15, -0.1) is 11.8 Å². The molecule has 1 aromatic heterocycles. The molecule has 0 radical (unpaired) electrons. The summed E-state index contributed by atoms with van der Waals surface area (Å²) in [5.74, 6) is 1.12. The van der Waals surface area contributed by atoms with Crippen LogP contribution in [-0.2, 0) is 6.54 Å². The molecule has 0 N–H and O–H groups in total. The molecule has 4 heteroatoms. The van der Waals surface area contributed by atoms with Crippen LogP contribution in [0.25, 0.3) is 10.9 Å². The Kier molecular flexibility index (Phi) is 2.40. The lowest BCUT2D eigenvalue weighted by molar-refractivity contribution is 0.0818. The highest BCUT2D eigenvalue weighted by Crippen LogP contribution is 2.34. The van der Waals surface area contributed by atoms with Gasteiger partial charge in [0.2, 0.25) is 0 Å². The van der Waals surface area contributed by atoms with Gasteiger partial charge < -0.3 is 9.47 Å². The van der Waals surface area contributed by atoms with Crippen LogP contribution >= 0.6 is 11.8 Å². The van der Waals surface area contributed by atoms with Crippen LogP contribution in [0.3, 0.4) is 0 Å². The fourth-order valence-electron chi connectivity index (χ4n) is 2.29. The normalized spacial score (nSPS) is 14.0. The van der Waals surface area contributed by atoms with E-state index in [-0.39, 0.29) is 5.91 Å². The highest BCUT2D eigenvalue weighted by atomic mass is 32.2. The van der Waals surface area contributed by atoms with Crippen molar-refractivity contribution < 1.29 is 4.79 Å². The minimum Gasteiger partial charge on any atom is -0.343 e. The van der Waals surface area contributed by atoms with Gasteiger partial charge in [0.05, 0.1) is 5.52 Å². The maximum atomic E-state index is 12.1. The van der Waals surface area contributed by atoms with Crippen molar-refractivity contribution in [3.05, 3.63) is 30.0 Å². The molecule has 3 rings (SSSR count). The van der Waals surface area contributed by atoms with E-state index < -0.39 is 0 Å². The summed E-state index contributed by atoms with van der Waals surface area (Å²) in [4.78, 5) is 15.0. The van der Waals surface area contributed by atoms with E-state index in [1.165, 1.54) is 15.8 Å². The molecule has 0 saturated heterocycles. The number of carbonyl (C=O) groups is 1. The summed E-state index contributed by atoms with van der Waals surface area (Å²) < 4.78 is 2.16. The average Bonchev–Trinajstić information content (AvgIpc) is 2.70. The maximum absolute atomic E-state index is 12.1. The van der Waals surface area contributed by atoms with Gasteiger partial charge in [0.15, 0.2) is 0 Å². The third-order valence-corrected chi connectivity index (χ3v) is 4.11. The maximum Gasteiger partial charge on any atom is 0.269 e. The Hall–Kier alpha value is -1.42. The van der Waals surface area contributed by atoms with E-state index in [1.807, 2.05) is 17.8 Å². The molecule has 1 aliphatic heterocycles. The molecular weight excluding hydrogens is 232 g/mol. The fourth-order valence-corrected chi connectivity index (χ4v) is 3.33. The van der Waals surface area contributed by atoms with Crippen LogP contribution < -0.4 is 0 Å². The molecule has 0 saturated carbocycles. The highest BCUT2D eigenvalue weighted by molar-refractivity contribution is 7.99. The summed E-state index contributed by atoms with van der Waals surface area (Å²) in [7, 11) is 3.59. The predicted octanol–water partition coefficient (Wildman–Crippen LogP) is 2.45. The lowest BCUT2D eigenvalue weighted by atomic mass is 10.2. The van der Waals surface area contributed by atoms with E-state index in [0.29, 0.717) is 0 Å². The Morgan fingerprint density at radius 2 is 2.24 bits per heavy atom. The first-order chi connectivity index (χ1) is 8.18. The number of hydrogen-bond acceptors (Lipinski definition) is 2. The second kappa shape index (κ2) is 3.81. The van der Waals surface area contributed by atoms with Crippen LogP contribution in [0.5, 0.6) is 0 Å². The molecule has 0 aliphatic carbocycles. The van der Waals surface area contributed by atoms with Gasteiger partial charge in [-0.1, -0.05) is 12.1 Å². The van der Waals surface area contributed by atoms with Crippen molar-refractivity contribution in [1.82, 2.24) is 9.47 Å². The molecule has 17 heavy (non-hydrogen) atoms. The van der Waals surface area contributed by atoms with Crippen molar-refractivity contribution in [2.75, 3.05) is 19.8 Å². The molecule has 0 fully saturated rings. The number of aromatic nitrogens is 1. The molecule has 1 amide bonds. The van der Waals surface area contributed by atoms with Gasteiger partial charge in [0, 0.05) is 36.7 Å². The third-order valence-electron chi connectivity index (χ3n) is 3.08. The Morgan fingerprint density at radius 1 is 1.41 bits per heavy atom. The van der Waals surface area contributed by atoms with Gasteiger partial charge in [-0.2, -0.15) is 0 Å². The van der Waals surface area contributed by atoms with Crippen LogP contribution in [0.4, 0.5) is 0 Å². The molecule has 0 spiro atoms. The molecule has 0 atom stereocenters. The first-order valence-corrected chi connectivity index (χ1v) is 6.64. The summed E-state index contributed by atoms with van der Waals surface area (Å²) in [5.41, 5.74) is 2.02. The number of para-hydroxylation sites is 1. The monoisotopic (exact) mass is 246 g/mol. The number of rotatable bonds is 1. The molecule has 0 unspecified atom stereocenters. The lowest BCUT2D eigenvalue weighted by Gasteiger charge is -2.18. The number of hydrogen-bond donors (Lipinski definition) is 0. The molecule has 1 aromatic carbocycles. The Bertz CT molecular complexity index is 601. The molecule has 1 aliphatic rings. The SMILES string of the molecule is CN(C)C(=O)c1cc2cccc3c2n1CCS3. The average molecular weight is 246 g/mol. The zero-order chi connectivity index (χ0) is 12.0. The second-order valence-corrected chi connectivity index (χ2v) is 5.56. The van der Waals surface area contributed by atoms with E-state index in [4.69, 9.17) is 0 Å². The summed E-state index contributed by atoms with van der Waals surface area (Å²) >= 11 is 1.87. The summed E-state index contributed by atoms with van der Waals surface area (Å²) in [6, 6.07) is 8.28. The van der Waals surface area contributed by atoms with Crippen LogP contribution in [0.15, 0.2) is 29.2 Å². The van der Waals surface area contributed by atoms with Crippen molar-refractivity contribution in [3.63, 3.8) is 0 Å². The number of thioether (sulfide) groups is 1. The molecule has 88 valence electrons. The van der Waals surface area contributed by atoms with Gasteiger partial charge in [-0.25, -0.2) is 0 Å². The van der Waals surface area contributed by atoms with Crippen molar-refractivity contribution >= 4 is 28.6 Å². The molecule has 2 heterocycles. The predicted molar refractivity (Wildman–Crippen MR) is 70.7 cm³/mol. The molecule has 2 aromatic rings. The van der Waals surface area contributed by atoms with Crippen molar-refractivity contribution in [3.8, 4) is 0 Å². The largest absolute Gasteiger partial charge is 0.343 e. The van der Waals surface area contributed by atoms with E-state index >= 15 is 0 Å². The Balaban J connectivity index is 2.28. The fraction of sp³-hybridized carbons (Fsp3) is 0.308. The summed E-state index contributed by atoms with van der Waals surface area (Å²) in [6.07, 6.45) is 0. The zero-order valence-corrected chi connectivity index (χ0v) is 10.8. The van der Waals surface area contributed by atoms with Gasteiger partial charge in [0.25, 0.3) is 5.91 Å². The van der Waals surface area contributed by atoms with Gasteiger partial charge in [-0.3, -0.25) is 4.79 Å². The standard InChI is InChI=1S/C13H14N2OS/c1-14(2)13(16)10-8-9-4-3-5-11-12(9)15(10)6-7-17-11/h3-5,8H,6-7H2,1-2H3. The van der Waals surface area contributed by atoms with Crippen LogP contribution in [0.2, 0.25) is 0 Å². The van der Waals surface area contributed by atoms with Crippen LogP contribution in [-0.4, -0.2) is 35.2 Å². The van der Waals surface area contributed by atoms with Crippen LogP contribution in [0.1, 0.15) is 10.5 Å². The number of nitrogens with zero attached hydrogens (tertiary/aromatic N) is 2. The minimum atomic E-state index is 0.0825. The van der Waals surface area contributed by atoms with E-state index in [1.54, 1.807) is 19.0 Å². The second-order valence-electron chi connectivity index (χ2n) is 4.42. The molecule has 3 nitrogen and oxygen atoms in total. The van der Waals surface area contributed by atoms with E-state index in [2.05, 4.69) is 22.8 Å². The smallest absolute Gasteiger partial charge is 0.269 e. The first-order valence-electron chi connectivity index (χ1n) is 5.65. The lowest BCUT2D eigenvalue weighted by Crippen LogP contribution is -2.25. The van der Waals surface area contributed by atoms with Crippen molar-refractivity contribution in [2.45, 2.75) is 11.4 Å². The molecule has 0 bridgehead atoms. The minimum absolute atomic E-state index is 0.0825. The van der Waals surface area contributed by atoms with E-state index in [0.717, 1.165) is 18.0 Å². The number of aryl methyl sites for hydroxylation is 1. The van der Waals surface area contributed by atoms with Crippen molar-refractivity contribution in [2.24, 2.45) is 0 Å². The first kappa shape index (κ1) is 10.7. The Labute approximate surface area is 104 Å². The quantitative estimate of drug-likeness (QED) is 0.772.